The van der Waals surface area contributed by atoms with Gasteiger partial charge in [0.1, 0.15) is 5.75 Å². The van der Waals surface area contributed by atoms with Gasteiger partial charge in [-0.3, -0.25) is 9.89 Å². The van der Waals surface area contributed by atoms with Crippen LogP contribution >= 0.6 is 28.1 Å². The average molecular weight is 413 g/mol. The Hall–Kier alpha value is -1.67. The van der Waals surface area contributed by atoms with Crippen LogP contribution in [0.3, 0.4) is 0 Å². The van der Waals surface area contributed by atoms with Crippen LogP contribution in [0.1, 0.15) is 38.6 Å². The topological polar surface area (TPSA) is 71.9 Å². The third-order valence-electron chi connectivity index (χ3n) is 3.35. The van der Waals surface area contributed by atoms with Gasteiger partial charge < -0.3 is 14.6 Å². The van der Waals surface area contributed by atoms with Gasteiger partial charge in [0.15, 0.2) is 10.6 Å². The van der Waals surface area contributed by atoms with Crippen molar-refractivity contribution in [2.75, 3.05) is 6.61 Å². The van der Waals surface area contributed by atoms with Crippen LogP contribution in [0.25, 0.3) is 0 Å². The van der Waals surface area contributed by atoms with Gasteiger partial charge in [0.05, 0.1) is 13.2 Å². The van der Waals surface area contributed by atoms with Gasteiger partial charge in [-0.2, -0.15) is 5.10 Å². The van der Waals surface area contributed by atoms with Crippen molar-refractivity contribution in [2.45, 2.75) is 39.3 Å². The number of benzene rings is 1. The minimum atomic E-state index is -0.0305. The zero-order valence-corrected chi connectivity index (χ0v) is 16.1. The Morgan fingerprint density at radius 3 is 3.00 bits per heavy atom. The molecule has 0 unspecified atom stereocenters. The number of hydrogen-bond donors (Lipinski definition) is 2. The molecule has 0 radical (unpaired) electrons. The van der Waals surface area contributed by atoms with E-state index in [1.54, 1.807) is 0 Å². The smallest absolute Gasteiger partial charge is 0.220 e. The first-order valence-corrected chi connectivity index (χ1v) is 8.98. The molecule has 2 N–H and O–H groups in total. The number of carbonyl (C=O) groups excluding carboxylic acids is 1. The number of nitrogens with zero attached hydrogens (tertiary/aromatic N) is 2. The molecule has 2 rings (SSSR count). The SMILES string of the molecule is CC(C)n1c(CNC(=O)CCCOc2cccc(Br)c2)n[nH]c1=S. The Balaban J connectivity index is 1.71. The van der Waals surface area contributed by atoms with E-state index < -0.39 is 0 Å². The molecule has 24 heavy (non-hydrogen) atoms. The molecular weight excluding hydrogens is 392 g/mol. The number of rotatable bonds is 8. The molecule has 0 fully saturated rings. The summed E-state index contributed by atoms with van der Waals surface area (Å²) < 4.78 is 9.04. The Morgan fingerprint density at radius 2 is 2.29 bits per heavy atom. The molecular formula is C16H21BrN4O2S. The number of carbonyl (C=O) groups is 1. The van der Waals surface area contributed by atoms with Crippen molar-refractivity contribution < 1.29 is 9.53 Å². The summed E-state index contributed by atoms with van der Waals surface area (Å²) in [4.78, 5) is 11.9. The lowest BCUT2D eigenvalue weighted by atomic mass is 10.3. The Bertz CT molecular complexity index is 742. The van der Waals surface area contributed by atoms with Crippen LogP contribution in [0.15, 0.2) is 28.7 Å². The molecule has 0 aliphatic rings. The zero-order chi connectivity index (χ0) is 17.5. The summed E-state index contributed by atoms with van der Waals surface area (Å²) >= 11 is 8.58. The summed E-state index contributed by atoms with van der Waals surface area (Å²) in [5.41, 5.74) is 0. The maximum atomic E-state index is 11.9. The van der Waals surface area contributed by atoms with Gasteiger partial charge in [-0.15, -0.1) is 0 Å². The molecule has 0 spiro atoms. The van der Waals surface area contributed by atoms with Crippen LogP contribution in [0, 0.1) is 4.77 Å². The highest BCUT2D eigenvalue weighted by molar-refractivity contribution is 9.10. The van der Waals surface area contributed by atoms with Crippen molar-refractivity contribution in [1.82, 2.24) is 20.1 Å². The second-order valence-electron chi connectivity index (χ2n) is 5.59. The van der Waals surface area contributed by atoms with Crippen LogP contribution in [0.2, 0.25) is 0 Å². The van der Waals surface area contributed by atoms with Crippen molar-refractivity contribution in [1.29, 1.82) is 0 Å². The zero-order valence-electron chi connectivity index (χ0n) is 13.7. The van der Waals surface area contributed by atoms with Gasteiger partial charge in [0.2, 0.25) is 5.91 Å². The van der Waals surface area contributed by atoms with E-state index in [0.717, 1.165) is 16.0 Å². The van der Waals surface area contributed by atoms with Gasteiger partial charge in [0.25, 0.3) is 0 Å². The first kappa shape index (κ1) is 18.7. The van der Waals surface area contributed by atoms with E-state index in [2.05, 4.69) is 31.4 Å². The monoisotopic (exact) mass is 412 g/mol. The number of H-pyrrole nitrogens is 1. The molecule has 0 aliphatic heterocycles. The molecule has 0 bridgehead atoms. The molecule has 0 saturated carbocycles. The lowest BCUT2D eigenvalue weighted by Gasteiger charge is -2.11. The van der Waals surface area contributed by atoms with Gasteiger partial charge in [0, 0.05) is 16.9 Å². The Labute approximate surface area is 154 Å². The fourth-order valence-electron chi connectivity index (χ4n) is 2.24. The van der Waals surface area contributed by atoms with Crippen LogP contribution in [-0.2, 0) is 11.3 Å². The standard InChI is InChI=1S/C16H21BrN4O2S/c1-11(2)21-14(19-20-16(21)24)10-18-15(22)7-4-8-23-13-6-3-5-12(17)9-13/h3,5-6,9,11H,4,7-8,10H2,1-2H3,(H,18,22)(H,20,24). The predicted octanol–water partition coefficient (Wildman–Crippen LogP) is 3.76. The number of hydrogen-bond acceptors (Lipinski definition) is 4. The Kier molecular flexibility index (Phi) is 6.99. The van der Waals surface area contributed by atoms with Crippen molar-refractivity contribution >= 4 is 34.1 Å². The fraction of sp³-hybridized carbons (Fsp3) is 0.438. The number of amides is 1. The maximum absolute atomic E-state index is 11.9. The minimum absolute atomic E-state index is 0.0305. The third kappa shape index (κ3) is 5.45. The van der Waals surface area contributed by atoms with E-state index in [0.29, 0.717) is 30.8 Å². The molecule has 0 aliphatic carbocycles. The first-order chi connectivity index (χ1) is 11.5. The Morgan fingerprint density at radius 1 is 1.50 bits per heavy atom. The summed E-state index contributed by atoms with van der Waals surface area (Å²) in [5.74, 6) is 1.49. The number of aromatic amines is 1. The number of halogens is 1. The number of nitrogens with one attached hydrogen (secondary N) is 2. The maximum Gasteiger partial charge on any atom is 0.220 e. The van der Waals surface area contributed by atoms with Crippen molar-refractivity contribution in [3.8, 4) is 5.75 Å². The van der Waals surface area contributed by atoms with Crippen LogP contribution in [0.5, 0.6) is 5.75 Å². The summed E-state index contributed by atoms with van der Waals surface area (Å²) in [6, 6.07) is 7.83. The normalized spacial score (nSPS) is 10.8. The van der Waals surface area contributed by atoms with E-state index in [1.807, 2.05) is 42.7 Å². The summed E-state index contributed by atoms with van der Waals surface area (Å²) in [7, 11) is 0. The molecule has 1 heterocycles. The van der Waals surface area contributed by atoms with Gasteiger partial charge in [-0.05, 0) is 50.7 Å². The van der Waals surface area contributed by atoms with Crippen molar-refractivity contribution in [2.24, 2.45) is 0 Å². The molecule has 1 aromatic heterocycles. The predicted molar refractivity (Wildman–Crippen MR) is 98.5 cm³/mol. The first-order valence-electron chi connectivity index (χ1n) is 7.78. The van der Waals surface area contributed by atoms with E-state index >= 15 is 0 Å². The lowest BCUT2D eigenvalue weighted by molar-refractivity contribution is -0.121. The van der Waals surface area contributed by atoms with E-state index in [1.165, 1.54) is 0 Å². The molecule has 0 atom stereocenters. The van der Waals surface area contributed by atoms with E-state index in [4.69, 9.17) is 17.0 Å². The fourth-order valence-corrected chi connectivity index (χ4v) is 2.98. The quantitative estimate of drug-likeness (QED) is 0.511. The third-order valence-corrected chi connectivity index (χ3v) is 4.13. The van der Waals surface area contributed by atoms with Crippen LogP contribution in [0.4, 0.5) is 0 Å². The summed E-state index contributed by atoms with van der Waals surface area (Å²) in [6.45, 7) is 4.90. The van der Waals surface area contributed by atoms with E-state index in [-0.39, 0.29) is 11.9 Å². The molecule has 0 saturated heterocycles. The molecule has 2 aromatic rings. The molecule has 1 aromatic carbocycles. The summed E-state index contributed by atoms with van der Waals surface area (Å²) in [5, 5.41) is 9.78. The number of aromatic nitrogens is 3. The van der Waals surface area contributed by atoms with Crippen molar-refractivity contribution in [3.05, 3.63) is 39.3 Å². The molecule has 1 amide bonds. The second kappa shape index (κ2) is 8.98. The minimum Gasteiger partial charge on any atom is -0.494 e. The van der Waals surface area contributed by atoms with Crippen molar-refractivity contribution in [3.63, 3.8) is 0 Å². The number of ether oxygens (including phenoxy) is 1. The lowest BCUT2D eigenvalue weighted by Crippen LogP contribution is -2.25. The van der Waals surface area contributed by atoms with E-state index in [9.17, 15) is 4.79 Å². The molecule has 8 heteroatoms. The summed E-state index contributed by atoms with van der Waals surface area (Å²) in [6.07, 6.45) is 1.05. The largest absolute Gasteiger partial charge is 0.494 e. The molecule has 6 nitrogen and oxygen atoms in total. The average Bonchev–Trinajstić information content (AvgIpc) is 2.90. The van der Waals surface area contributed by atoms with Gasteiger partial charge >= 0.3 is 0 Å². The molecule has 130 valence electrons. The van der Waals surface area contributed by atoms with Gasteiger partial charge in [-0.25, -0.2) is 0 Å². The van der Waals surface area contributed by atoms with Gasteiger partial charge in [-0.1, -0.05) is 22.0 Å². The highest BCUT2D eigenvalue weighted by Gasteiger charge is 2.10. The highest BCUT2D eigenvalue weighted by atomic mass is 79.9. The van der Waals surface area contributed by atoms with Crippen LogP contribution in [-0.4, -0.2) is 27.3 Å². The van der Waals surface area contributed by atoms with Crippen LogP contribution < -0.4 is 10.1 Å². The second-order valence-corrected chi connectivity index (χ2v) is 6.90. The highest BCUT2D eigenvalue weighted by Crippen LogP contribution is 2.17.